The van der Waals surface area contributed by atoms with Crippen LogP contribution in [-0.2, 0) is 24.2 Å². The van der Waals surface area contributed by atoms with Crippen molar-refractivity contribution in [2.45, 2.75) is 52.8 Å². The summed E-state index contributed by atoms with van der Waals surface area (Å²) in [7, 11) is 1.65. The number of methoxy groups -OCH3 is 1. The maximum absolute atomic E-state index is 12.9. The lowest BCUT2D eigenvalue weighted by Gasteiger charge is -2.31. The first-order valence-corrected chi connectivity index (χ1v) is 11.7. The number of benzene rings is 2. The van der Waals surface area contributed by atoms with Gasteiger partial charge in [0.05, 0.1) is 13.7 Å². The van der Waals surface area contributed by atoms with Crippen molar-refractivity contribution in [1.82, 2.24) is 14.7 Å². The van der Waals surface area contributed by atoms with Crippen LogP contribution in [0, 0.1) is 6.92 Å². The maximum Gasteiger partial charge on any atom is 0.410 e. The van der Waals surface area contributed by atoms with Gasteiger partial charge in [0, 0.05) is 36.0 Å². The van der Waals surface area contributed by atoms with Crippen molar-refractivity contribution >= 4 is 17.8 Å². The van der Waals surface area contributed by atoms with Gasteiger partial charge >= 0.3 is 6.09 Å². The summed E-state index contributed by atoms with van der Waals surface area (Å²) in [6.07, 6.45) is 0.353. The third-order valence-corrected chi connectivity index (χ3v) is 5.87. The highest BCUT2D eigenvalue weighted by molar-refractivity contribution is 6.04. The van der Waals surface area contributed by atoms with Crippen molar-refractivity contribution in [3.8, 4) is 5.75 Å². The zero-order valence-electron chi connectivity index (χ0n) is 20.9. The molecule has 0 saturated heterocycles. The van der Waals surface area contributed by atoms with Crippen LogP contribution in [0.25, 0.3) is 0 Å². The first-order valence-electron chi connectivity index (χ1n) is 11.7. The molecule has 0 atom stereocenters. The molecular formula is C27H32N4O4. The molecule has 1 aliphatic rings. The Morgan fingerprint density at radius 3 is 2.60 bits per heavy atom. The molecule has 1 N–H and O–H groups in total. The fraction of sp³-hybridized carbons (Fsp3) is 0.370. The van der Waals surface area contributed by atoms with Crippen molar-refractivity contribution in [1.29, 1.82) is 0 Å². The second-order valence-corrected chi connectivity index (χ2v) is 9.73. The third-order valence-electron chi connectivity index (χ3n) is 5.87. The summed E-state index contributed by atoms with van der Waals surface area (Å²) in [5, 5.41) is 7.47. The minimum absolute atomic E-state index is 0.218. The maximum atomic E-state index is 12.9. The van der Waals surface area contributed by atoms with Crippen LogP contribution in [0.4, 0.5) is 10.6 Å². The molecule has 3 aromatic rings. The highest BCUT2D eigenvalue weighted by Gasteiger charge is 2.26. The molecule has 184 valence electrons. The Bertz CT molecular complexity index is 1240. The van der Waals surface area contributed by atoms with Crippen molar-refractivity contribution in [2.75, 3.05) is 19.0 Å². The van der Waals surface area contributed by atoms with E-state index in [0.717, 1.165) is 28.1 Å². The average molecular weight is 477 g/mol. The van der Waals surface area contributed by atoms with Crippen LogP contribution in [0.2, 0.25) is 0 Å². The smallest absolute Gasteiger partial charge is 0.410 e. The number of amides is 2. The number of nitrogens with one attached hydrogen (secondary N) is 1. The van der Waals surface area contributed by atoms with Crippen molar-refractivity contribution < 1.29 is 19.1 Å². The van der Waals surface area contributed by atoms with Crippen molar-refractivity contribution in [3.05, 3.63) is 76.5 Å². The number of rotatable bonds is 5. The molecule has 0 fully saturated rings. The molecule has 1 aromatic heterocycles. The lowest BCUT2D eigenvalue weighted by molar-refractivity contribution is 0.0224. The van der Waals surface area contributed by atoms with Gasteiger partial charge in [-0.25, -0.2) is 4.79 Å². The lowest BCUT2D eigenvalue weighted by atomic mass is 9.97. The molecule has 8 nitrogen and oxygen atoms in total. The Kier molecular flexibility index (Phi) is 6.82. The van der Waals surface area contributed by atoms with Crippen LogP contribution >= 0.6 is 0 Å². The number of hydrogen-bond acceptors (Lipinski definition) is 5. The van der Waals surface area contributed by atoms with E-state index in [1.54, 1.807) is 18.1 Å². The summed E-state index contributed by atoms with van der Waals surface area (Å²) in [5.41, 5.74) is 4.06. The van der Waals surface area contributed by atoms with E-state index in [4.69, 9.17) is 9.47 Å². The number of carbonyl (C=O) groups excluding carboxylic acids is 2. The first kappa shape index (κ1) is 24.3. The minimum Gasteiger partial charge on any atom is -0.496 e. The van der Waals surface area contributed by atoms with Gasteiger partial charge in [-0.1, -0.05) is 24.3 Å². The highest BCUT2D eigenvalue weighted by Crippen LogP contribution is 2.24. The number of hydrogen-bond donors (Lipinski definition) is 1. The fourth-order valence-corrected chi connectivity index (χ4v) is 4.09. The molecule has 0 bridgehead atoms. The third kappa shape index (κ3) is 5.82. The predicted molar refractivity (Wildman–Crippen MR) is 134 cm³/mol. The molecule has 8 heteroatoms. The van der Waals surface area contributed by atoms with Gasteiger partial charge in [-0.05, 0) is 63.4 Å². The molecule has 0 unspecified atom stereocenters. The van der Waals surface area contributed by atoms with Gasteiger partial charge in [-0.2, -0.15) is 5.10 Å². The van der Waals surface area contributed by atoms with E-state index < -0.39 is 5.60 Å². The monoisotopic (exact) mass is 476 g/mol. The van der Waals surface area contributed by atoms with Crippen molar-refractivity contribution in [2.24, 2.45) is 0 Å². The van der Waals surface area contributed by atoms with Crippen LogP contribution in [0.3, 0.4) is 0 Å². The number of carbonyl (C=O) groups is 2. The molecule has 0 aliphatic carbocycles. The molecule has 35 heavy (non-hydrogen) atoms. The Morgan fingerprint density at radius 1 is 1.09 bits per heavy atom. The molecule has 0 saturated carbocycles. The molecule has 2 amide bonds. The van der Waals surface area contributed by atoms with Crippen LogP contribution in [-0.4, -0.2) is 45.9 Å². The van der Waals surface area contributed by atoms with E-state index in [9.17, 15) is 9.59 Å². The van der Waals surface area contributed by atoms with Crippen LogP contribution in [0.5, 0.6) is 5.75 Å². The number of anilines is 1. The molecule has 2 aromatic carbocycles. The van der Waals surface area contributed by atoms with Crippen LogP contribution in [0.15, 0.2) is 48.5 Å². The van der Waals surface area contributed by atoms with Gasteiger partial charge in [0.1, 0.15) is 11.4 Å². The number of nitrogens with zero attached hydrogens (tertiary/aromatic N) is 3. The normalized spacial score (nSPS) is 13.2. The largest absolute Gasteiger partial charge is 0.496 e. The quantitative estimate of drug-likeness (QED) is 0.572. The van der Waals surface area contributed by atoms with Gasteiger partial charge in [0.25, 0.3) is 5.91 Å². The van der Waals surface area contributed by atoms with E-state index in [1.807, 2.05) is 74.8 Å². The van der Waals surface area contributed by atoms with E-state index >= 15 is 0 Å². The fourth-order valence-electron chi connectivity index (χ4n) is 4.09. The Balaban J connectivity index is 1.42. The number of fused-ring (bicyclic) bond motifs is 1. The van der Waals surface area contributed by atoms with E-state index in [0.29, 0.717) is 37.4 Å². The topological polar surface area (TPSA) is 85.7 Å². The van der Waals surface area contributed by atoms with Crippen molar-refractivity contribution in [3.63, 3.8) is 0 Å². The predicted octanol–water partition coefficient (Wildman–Crippen LogP) is 4.79. The molecule has 0 spiro atoms. The van der Waals surface area contributed by atoms with Crippen LogP contribution < -0.4 is 10.1 Å². The van der Waals surface area contributed by atoms with E-state index in [1.165, 1.54) is 0 Å². The zero-order chi connectivity index (χ0) is 25.2. The highest BCUT2D eigenvalue weighted by atomic mass is 16.6. The summed E-state index contributed by atoms with van der Waals surface area (Å²) in [5.74, 6) is 1.08. The van der Waals surface area contributed by atoms with Gasteiger partial charge in [0.15, 0.2) is 5.82 Å². The number of para-hydroxylation sites is 1. The molecule has 0 radical (unpaired) electrons. The molecule has 1 aliphatic heterocycles. The van der Waals surface area contributed by atoms with E-state index in [-0.39, 0.29) is 12.0 Å². The zero-order valence-corrected chi connectivity index (χ0v) is 20.9. The Morgan fingerprint density at radius 2 is 1.86 bits per heavy atom. The standard InChI is InChI=1S/C27H32N4O4/c1-18-14-24(29-31(18)17-22-8-6-7-9-23(22)34-5)28-25(32)20-10-11-21-16-30(13-12-19(21)15-20)26(33)35-27(2,3)4/h6-11,14-15H,12-13,16-17H2,1-5H3,(H,28,29,32). The Hall–Kier alpha value is -3.81. The number of aromatic nitrogens is 2. The van der Waals surface area contributed by atoms with Gasteiger partial charge in [-0.3, -0.25) is 9.48 Å². The molecule has 2 heterocycles. The first-order chi connectivity index (χ1) is 16.6. The summed E-state index contributed by atoms with van der Waals surface area (Å²) in [6.45, 7) is 9.09. The lowest BCUT2D eigenvalue weighted by Crippen LogP contribution is -2.39. The second-order valence-electron chi connectivity index (χ2n) is 9.73. The van der Waals surface area contributed by atoms with Gasteiger partial charge in [0.2, 0.25) is 0 Å². The molecular weight excluding hydrogens is 444 g/mol. The second kappa shape index (κ2) is 9.82. The van der Waals surface area contributed by atoms with E-state index in [2.05, 4.69) is 10.4 Å². The number of ether oxygens (including phenoxy) is 2. The summed E-state index contributed by atoms with van der Waals surface area (Å²) < 4.78 is 12.8. The Labute approximate surface area is 205 Å². The van der Waals surface area contributed by atoms with Crippen LogP contribution in [0.1, 0.15) is 53.5 Å². The summed E-state index contributed by atoms with van der Waals surface area (Å²) in [4.78, 5) is 27.0. The summed E-state index contributed by atoms with van der Waals surface area (Å²) >= 11 is 0. The number of aryl methyl sites for hydroxylation is 1. The summed E-state index contributed by atoms with van der Waals surface area (Å²) in [6, 6.07) is 15.2. The minimum atomic E-state index is -0.530. The molecule has 4 rings (SSSR count). The van der Waals surface area contributed by atoms with Gasteiger partial charge in [-0.15, -0.1) is 0 Å². The SMILES string of the molecule is COc1ccccc1Cn1nc(NC(=O)c2ccc3c(c2)CCN(C(=O)OC(C)(C)C)C3)cc1C. The van der Waals surface area contributed by atoms with Gasteiger partial charge < -0.3 is 19.7 Å². The average Bonchev–Trinajstić information content (AvgIpc) is 3.15.